The van der Waals surface area contributed by atoms with Crippen molar-refractivity contribution in [3.63, 3.8) is 0 Å². The number of carbonyl (C=O) groups excluding carboxylic acids is 1. The zero-order valence-electron chi connectivity index (χ0n) is 23.7. The molecule has 0 aliphatic heterocycles. The number of halogens is 1. The Morgan fingerprint density at radius 3 is 2.27 bits per heavy atom. The Morgan fingerprint density at radius 2 is 1.62 bits per heavy atom. The van der Waals surface area contributed by atoms with Gasteiger partial charge in [0.2, 0.25) is 0 Å². The standard InChI is InChI=1S/C29H30FN7O7S/c30-13-1-2-20-15-37(36-35-20)21-9-5-18(6-10-21)24-16-45-29(34-24)31-19-7-3-17(4-8-19)14-23(27(42)43)33-28(44)32-22(26(40)41)11-12-25(38)39/h3-10,15-16,22-23H,1-2,11-14H2,(H,31,34)(H,38,39)(H,40,41)(H,42,43)(H2,32,33,44)/t22-,23-/m0/s1. The highest BCUT2D eigenvalue weighted by Crippen LogP contribution is 2.28. The highest BCUT2D eigenvalue weighted by atomic mass is 32.1. The average molecular weight is 640 g/mol. The molecule has 6 N–H and O–H groups in total. The molecule has 2 atom stereocenters. The number of urea groups is 1. The van der Waals surface area contributed by atoms with Gasteiger partial charge in [0.25, 0.3) is 0 Å². The van der Waals surface area contributed by atoms with Crippen LogP contribution in [-0.2, 0) is 27.2 Å². The van der Waals surface area contributed by atoms with Gasteiger partial charge < -0.3 is 31.3 Å². The lowest BCUT2D eigenvalue weighted by Crippen LogP contribution is -2.51. The average Bonchev–Trinajstić information content (AvgIpc) is 3.69. The smallest absolute Gasteiger partial charge is 0.326 e. The Morgan fingerprint density at radius 1 is 0.933 bits per heavy atom. The number of anilines is 2. The number of carboxylic acids is 3. The van der Waals surface area contributed by atoms with Crippen molar-refractivity contribution in [2.45, 2.75) is 44.2 Å². The van der Waals surface area contributed by atoms with Gasteiger partial charge in [-0.05, 0) is 49.1 Å². The molecule has 0 unspecified atom stereocenters. The number of alkyl halides is 1. The van der Waals surface area contributed by atoms with Gasteiger partial charge in [-0.1, -0.05) is 29.5 Å². The molecule has 4 aromatic rings. The van der Waals surface area contributed by atoms with E-state index in [0.29, 0.717) is 29.2 Å². The molecular formula is C29H30FN7O7S. The molecule has 0 aliphatic rings. The monoisotopic (exact) mass is 639 g/mol. The number of hydrogen-bond acceptors (Lipinski definition) is 9. The molecular weight excluding hydrogens is 609 g/mol. The second-order valence-electron chi connectivity index (χ2n) is 9.89. The van der Waals surface area contributed by atoms with Gasteiger partial charge in [-0.3, -0.25) is 9.18 Å². The van der Waals surface area contributed by atoms with Gasteiger partial charge in [0, 0.05) is 29.5 Å². The van der Waals surface area contributed by atoms with Crippen LogP contribution in [0.15, 0.2) is 60.1 Å². The lowest BCUT2D eigenvalue weighted by atomic mass is 10.1. The molecule has 0 aliphatic carbocycles. The second-order valence-corrected chi connectivity index (χ2v) is 10.7. The van der Waals surface area contributed by atoms with Crippen LogP contribution in [-0.4, -0.2) is 78.0 Å². The molecule has 45 heavy (non-hydrogen) atoms. The molecule has 0 saturated heterocycles. The number of carboxylic acid groups (broad SMARTS) is 3. The molecule has 2 heterocycles. The minimum absolute atomic E-state index is 0.0825. The van der Waals surface area contributed by atoms with Crippen LogP contribution in [0.5, 0.6) is 0 Å². The maximum atomic E-state index is 12.4. The van der Waals surface area contributed by atoms with Crippen LogP contribution in [0.4, 0.5) is 20.0 Å². The van der Waals surface area contributed by atoms with Gasteiger partial charge in [0.15, 0.2) is 5.13 Å². The summed E-state index contributed by atoms with van der Waals surface area (Å²) in [7, 11) is 0. The van der Waals surface area contributed by atoms with Crippen LogP contribution < -0.4 is 16.0 Å². The number of aromatic nitrogens is 4. The number of thiazole rings is 1. The van der Waals surface area contributed by atoms with E-state index in [1.807, 2.05) is 29.6 Å². The zero-order chi connectivity index (χ0) is 32.3. The summed E-state index contributed by atoms with van der Waals surface area (Å²) in [5, 5.41) is 45.8. The molecule has 2 aromatic heterocycles. The molecule has 0 fully saturated rings. The molecule has 2 aromatic carbocycles. The van der Waals surface area contributed by atoms with Crippen LogP contribution in [0.2, 0.25) is 0 Å². The fraction of sp³-hybridized carbons (Fsp3) is 0.276. The topological polar surface area (TPSA) is 209 Å². The van der Waals surface area contributed by atoms with E-state index < -0.39 is 49.1 Å². The summed E-state index contributed by atoms with van der Waals surface area (Å²) in [5.41, 5.74) is 4.48. The Balaban J connectivity index is 1.32. The van der Waals surface area contributed by atoms with Crippen LogP contribution >= 0.6 is 11.3 Å². The van der Waals surface area contributed by atoms with Crippen LogP contribution in [0.25, 0.3) is 16.9 Å². The van der Waals surface area contributed by atoms with Gasteiger partial charge in [0.1, 0.15) is 12.1 Å². The third-order valence-electron chi connectivity index (χ3n) is 6.54. The Labute approximate surface area is 259 Å². The minimum Gasteiger partial charge on any atom is -0.481 e. The number of rotatable bonds is 16. The third kappa shape index (κ3) is 9.56. The van der Waals surface area contributed by atoms with E-state index in [-0.39, 0.29) is 12.8 Å². The number of aryl methyl sites for hydroxylation is 1. The lowest BCUT2D eigenvalue weighted by molar-refractivity contribution is -0.140. The van der Waals surface area contributed by atoms with Gasteiger partial charge in [-0.25, -0.2) is 24.0 Å². The number of amides is 2. The van der Waals surface area contributed by atoms with Gasteiger partial charge in [0.05, 0.1) is 29.9 Å². The molecule has 4 rings (SSSR count). The first-order valence-corrected chi connectivity index (χ1v) is 14.6. The quantitative estimate of drug-likeness (QED) is 0.104. The van der Waals surface area contributed by atoms with Crippen molar-refractivity contribution < 1.29 is 38.9 Å². The summed E-state index contributed by atoms with van der Waals surface area (Å²) in [5.74, 6) is -3.98. The van der Waals surface area contributed by atoms with E-state index in [0.717, 1.165) is 22.6 Å². The molecule has 0 radical (unpaired) electrons. The van der Waals surface area contributed by atoms with E-state index in [2.05, 4.69) is 31.2 Å². The summed E-state index contributed by atoms with van der Waals surface area (Å²) in [6.45, 7) is -0.399. The zero-order valence-corrected chi connectivity index (χ0v) is 24.5. The highest BCUT2D eigenvalue weighted by molar-refractivity contribution is 7.14. The maximum absolute atomic E-state index is 12.4. The van der Waals surface area contributed by atoms with Crippen LogP contribution in [0, 0.1) is 0 Å². The summed E-state index contributed by atoms with van der Waals surface area (Å²) < 4.78 is 14.1. The number of carbonyl (C=O) groups is 4. The summed E-state index contributed by atoms with van der Waals surface area (Å²) in [4.78, 5) is 50.7. The minimum atomic E-state index is -1.49. The molecule has 16 heteroatoms. The number of nitrogens with zero attached hydrogens (tertiary/aromatic N) is 4. The molecule has 0 spiro atoms. The van der Waals surface area contributed by atoms with Crippen molar-refractivity contribution >= 4 is 46.1 Å². The predicted molar refractivity (Wildman–Crippen MR) is 162 cm³/mol. The van der Waals surface area contributed by atoms with Crippen LogP contribution in [0.3, 0.4) is 0 Å². The van der Waals surface area contributed by atoms with Gasteiger partial charge >= 0.3 is 23.9 Å². The summed E-state index contributed by atoms with van der Waals surface area (Å²) in [6, 6.07) is 10.6. The van der Waals surface area contributed by atoms with Crippen molar-refractivity contribution in [3.8, 4) is 16.9 Å². The van der Waals surface area contributed by atoms with E-state index in [1.165, 1.54) is 11.3 Å². The number of benzene rings is 2. The second kappa shape index (κ2) is 15.4. The number of aliphatic carboxylic acids is 3. The lowest BCUT2D eigenvalue weighted by Gasteiger charge is -2.18. The van der Waals surface area contributed by atoms with Crippen LogP contribution in [0.1, 0.15) is 30.5 Å². The van der Waals surface area contributed by atoms with Crippen molar-refractivity contribution in [2.24, 2.45) is 0 Å². The molecule has 236 valence electrons. The van der Waals surface area contributed by atoms with Crippen molar-refractivity contribution in [2.75, 3.05) is 12.0 Å². The van der Waals surface area contributed by atoms with Crippen molar-refractivity contribution in [3.05, 3.63) is 71.4 Å². The SMILES string of the molecule is O=C(O)CC[C@H](NC(=O)N[C@@H](Cc1ccc(Nc2nc(-c3ccc(-n4cc(CCCF)nn4)cc3)cs2)cc1)C(=O)O)C(=O)O. The highest BCUT2D eigenvalue weighted by Gasteiger charge is 2.25. The van der Waals surface area contributed by atoms with Gasteiger partial charge in [-0.2, -0.15) is 0 Å². The summed E-state index contributed by atoms with van der Waals surface area (Å²) >= 11 is 1.40. The normalized spacial score (nSPS) is 12.2. The van der Waals surface area contributed by atoms with Crippen molar-refractivity contribution in [1.82, 2.24) is 30.6 Å². The first-order valence-electron chi connectivity index (χ1n) is 13.7. The molecule has 0 saturated carbocycles. The first kappa shape index (κ1) is 32.5. The largest absolute Gasteiger partial charge is 0.481 e. The summed E-state index contributed by atoms with van der Waals surface area (Å²) in [6.07, 6.45) is 1.79. The fourth-order valence-corrected chi connectivity index (χ4v) is 4.94. The van der Waals surface area contributed by atoms with E-state index in [4.69, 9.17) is 5.11 Å². The molecule has 14 nitrogen and oxygen atoms in total. The fourth-order valence-electron chi connectivity index (χ4n) is 4.20. The van der Waals surface area contributed by atoms with Gasteiger partial charge in [-0.15, -0.1) is 16.4 Å². The number of hydrogen-bond donors (Lipinski definition) is 6. The Hall–Kier alpha value is -5.38. The Bertz CT molecular complexity index is 1630. The van der Waals surface area contributed by atoms with E-state index >= 15 is 0 Å². The third-order valence-corrected chi connectivity index (χ3v) is 7.30. The molecule has 2 amide bonds. The number of nitrogens with one attached hydrogen (secondary N) is 3. The molecule has 0 bridgehead atoms. The Kier molecular flexibility index (Phi) is 11.1. The maximum Gasteiger partial charge on any atom is 0.326 e. The predicted octanol–water partition coefficient (Wildman–Crippen LogP) is 3.65. The first-order chi connectivity index (χ1) is 21.6. The van der Waals surface area contributed by atoms with Crippen molar-refractivity contribution in [1.29, 1.82) is 0 Å². The van der Waals surface area contributed by atoms with E-state index in [9.17, 15) is 33.8 Å². The van der Waals surface area contributed by atoms with E-state index in [1.54, 1.807) is 35.1 Å².